The molecule has 4 aromatic rings. The summed E-state index contributed by atoms with van der Waals surface area (Å²) in [4.78, 5) is 23.8. The number of anilines is 1. The summed E-state index contributed by atoms with van der Waals surface area (Å²) >= 11 is 0. The summed E-state index contributed by atoms with van der Waals surface area (Å²) in [6.45, 7) is 4.71. The number of hydrogen-bond donors (Lipinski definition) is 2. The molecule has 4 heterocycles. The molecular formula is C25H25N5O2. The average molecular weight is 428 g/mol. The predicted molar refractivity (Wildman–Crippen MR) is 123 cm³/mol. The van der Waals surface area contributed by atoms with E-state index in [-0.39, 0.29) is 11.7 Å². The van der Waals surface area contributed by atoms with Crippen LogP contribution in [0.1, 0.15) is 38.6 Å². The van der Waals surface area contributed by atoms with Gasteiger partial charge in [-0.2, -0.15) is 0 Å². The maximum absolute atomic E-state index is 12.8. The van der Waals surface area contributed by atoms with Crippen molar-refractivity contribution in [2.24, 2.45) is 0 Å². The Morgan fingerprint density at radius 2 is 2.06 bits per heavy atom. The van der Waals surface area contributed by atoms with Crippen LogP contribution in [0.2, 0.25) is 0 Å². The van der Waals surface area contributed by atoms with Crippen LogP contribution < -0.4 is 11.1 Å². The summed E-state index contributed by atoms with van der Waals surface area (Å²) in [6.07, 6.45) is 2.49. The number of hydrogen-bond acceptors (Lipinski definition) is 6. The van der Waals surface area contributed by atoms with Crippen LogP contribution in [0.25, 0.3) is 11.0 Å². The number of carbonyl (C=O) groups is 1. The molecule has 0 radical (unpaired) electrons. The summed E-state index contributed by atoms with van der Waals surface area (Å²) in [7, 11) is 0. The first-order valence-corrected chi connectivity index (χ1v) is 10.7. The highest BCUT2D eigenvalue weighted by Crippen LogP contribution is 2.28. The molecule has 0 atom stereocenters. The lowest BCUT2D eigenvalue weighted by molar-refractivity contribution is 0.0950. The lowest BCUT2D eigenvalue weighted by Gasteiger charge is -2.28. The highest BCUT2D eigenvalue weighted by molar-refractivity contribution is 5.98. The minimum atomic E-state index is -0.242. The quantitative estimate of drug-likeness (QED) is 0.505. The van der Waals surface area contributed by atoms with Crippen LogP contribution in [0.5, 0.6) is 0 Å². The Morgan fingerprint density at radius 3 is 2.88 bits per heavy atom. The molecule has 0 spiro atoms. The number of rotatable bonds is 5. The van der Waals surface area contributed by atoms with Gasteiger partial charge >= 0.3 is 0 Å². The molecule has 0 fully saturated rings. The van der Waals surface area contributed by atoms with Crippen LogP contribution in [0.3, 0.4) is 0 Å². The Bertz CT molecular complexity index is 1280. The third-order valence-corrected chi connectivity index (χ3v) is 5.99. The Kier molecular flexibility index (Phi) is 5.33. The standard InChI is InChI=1S/C25H25N5O2/c1-16-19-7-2-3-8-22(19)32-23(16)15-30-11-9-21-17(14-30)12-20(24(26)29-21)25(31)28-13-18-6-4-5-10-27-18/h2-8,10,12H,9,11,13-15H2,1H3,(H2,26,29)(H,28,31). The number of aryl methyl sites for hydroxylation is 1. The fourth-order valence-electron chi connectivity index (χ4n) is 4.21. The van der Waals surface area contributed by atoms with Gasteiger partial charge in [0.1, 0.15) is 17.2 Å². The molecule has 0 saturated heterocycles. The number of amides is 1. The molecule has 1 aromatic carbocycles. The van der Waals surface area contributed by atoms with Crippen molar-refractivity contribution in [2.75, 3.05) is 12.3 Å². The van der Waals surface area contributed by atoms with Crippen molar-refractivity contribution in [2.45, 2.75) is 33.0 Å². The van der Waals surface area contributed by atoms with E-state index in [2.05, 4.69) is 33.2 Å². The van der Waals surface area contributed by atoms with E-state index in [1.165, 1.54) is 5.56 Å². The van der Waals surface area contributed by atoms with E-state index in [0.29, 0.717) is 25.2 Å². The van der Waals surface area contributed by atoms with Crippen molar-refractivity contribution >= 4 is 22.7 Å². The van der Waals surface area contributed by atoms with E-state index < -0.39 is 0 Å². The maximum Gasteiger partial charge on any atom is 0.255 e. The average Bonchev–Trinajstić information content (AvgIpc) is 3.13. The molecule has 0 unspecified atom stereocenters. The molecule has 32 heavy (non-hydrogen) atoms. The molecule has 1 aliphatic rings. The van der Waals surface area contributed by atoms with Gasteiger partial charge in [0.15, 0.2) is 0 Å². The van der Waals surface area contributed by atoms with Crippen LogP contribution in [-0.4, -0.2) is 27.3 Å². The maximum atomic E-state index is 12.8. The molecule has 5 rings (SSSR count). The molecule has 1 aliphatic heterocycles. The lowest BCUT2D eigenvalue weighted by atomic mass is 10.0. The second kappa shape index (κ2) is 8.43. The number of pyridine rings is 2. The number of fused-ring (bicyclic) bond motifs is 2. The molecule has 7 heteroatoms. The van der Waals surface area contributed by atoms with Crippen molar-refractivity contribution < 1.29 is 9.21 Å². The van der Waals surface area contributed by atoms with Gasteiger partial charge in [0.25, 0.3) is 5.91 Å². The van der Waals surface area contributed by atoms with E-state index in [9.17, 15) is 4.79 Å². The van der Waals surface area contributed by atoms with Crippen LogP contribution in [0.15, 0.2) is 59.1 Å². The van der Waals surface area contributed by atoms with Gasteiger partial charge in [-0.15, -0.1) is 0 Å². The molecule has 3 N–H and O–H groups in total. The summed E-state index contributed by atoms with van der Waals surface area (Å²) in [5.74, 6) is 1.00. The fourth-order valence-corrected chi connectivity index (χ4v) is 4.21. The first-order valence-electron chi connectivity index (χ1n) is 10.7. The number of nitrogens with two attached hydrogens (primary N) is 1. The van der Waals surface area contributed by atoms with Crippen molar-refractivity contribution in [3.8, 4) is 0 Å². The zero-order valence-corrected chi connectivity index (χ0v) is 18.0. The van der Waals surface area contributed by atoms with Crippen LogP contribution >= 0.6 is 0 Å². The van der Waals surface area contributed by atoms with Crippen molar-refractivity contribution in [1.29, 1.82) is 0 Å². The highest BCUT2D eigenvalue weighted by Gasteiger charge is 2.23. The number of aromatic nitrogens is 2. The van der Waals surface area contributed by atoms with Crippen LogP contribution in [0, 0.1) is 6.92 Å². The van der Waals surface area contributed by atoms with E-state index >= 15 is 0 Å². The topological polar surface area (TPSA) is 97.3 Å². The van der Waals surface area contributed by atoms with Gasteiger partial charge in [-0.1, -0.05) is 24.3 Å². The minimum Gasteiger partial charge on any atom is -0.459 e. The Labute approximate surface area is 186 Å². The van der Waals surface area contributed by atoms with Gasteiger partial charge in [0, 0.05) is 36.8 Å². The first-order chi connectivity index (χ1) is 15.6. The van der Waals surface area contributed by atoms with Crippen molar-refractivity contribution in [3.05, 3.63) is 88.6 Å². The van der Waals surface area contributed by atoms with E-state index in [1.54, 1.807) is 6.20 Å². The zero-order chi connectivity index (χ0) is 22.1. The molecule has 162 valence electrons. The number of nitrogen functional groups attached to an aromatic ring is 1. The van der Waals surface area contributed by atoms with E-state index in [1.807, 2.05) is 42.5 Å². The molecule has 0 bridgehead atoms. The Hall–Kier alpha value is -3.71. The minimum absolute atomic E-state index is 0.242. The molecule has 0 saturated carbocycles. The number of benzene rings is 1. The van der Waals surface area contributed by atoms with E-state index in [4.69, 9.17) is 10.2 Å². The number of nitrogens with one attached hydrogen (secondary N) is 1. The van der Waals surface area contributed by atoms with Crippen molar-refractivity contribution in [3.63, 3.8) is 0 Å². The second-order valence-electron chi connectivity index (χ2n) is 8.14. The molecule has 3 aromatic heterocycles. The van der Waals surface area contributed by atoms with Crippen LogP contribution in [0.4, 0.5) is 5.82 Å². The van der Waals surface area contributed by atoms with Crippen molar-refractivity contribution in [1.82, 2.24) is 20.2 Å². The largest absolute Gasteiger partial charge is 0.459 e. The number of furan rings is 1. The van der Waals surface area contributed by atoms with Gasteiger partial charge in [-0.05, 0) is 42.3 Å². The van der Waals surface area contributed by atoms with Gasteiger partial charge in [-0.25, -0.2) is 4.98 Å². The monoisotopic (exact) mass is 427 g/mol. The lowest BCUT2D eigenvalue weighted by Crippen LogP contribution is -2.32. The summed E-state index contributed by atoms with van der Waals surface area (Å²) in [5.41, 5.74) is 11.4. The third kappa shape index (κ3) is 3.94. The normalized spacial score (nSPS) is 13.8. The summed E-state index contributed by atoms with van der Waals surface area (Å²) in [5, 5.41) is 4.04. The third-order valence-electron chi connectivity index (χ3n) is 5.99. The Morgan fingerprint density at radius 1 is 1.22 bits per heavy atom. The number of para-hydroxylation sites is 1. The fraction of sp³-hybridized carbons (Fsp3) is 0.240. The smallest absolute Gasteiger partial charge is 0.255 e. The second-order valence-corrected chi connectivity index (χ2v) is 8.14. The summed E-state index contributed by atoms with van der Waals surface area (Å²) in [6, 6.07) is 15.6. The van der Waals surface area contributed by atoms with E-state index in [0.717, 1.165) is 46.6 Å². The molecule has 7 nitrogen and oxygen atoms in total. The first kappa shape index (κ1) is 20.2. The Balaban J connectivity index is 1.32. The zero-order valence-electron chi connectivity index (χ0n) is 18.0. The molecule has 1 amide bonds. The summed E-state index contributed by atoms with van der Waals surface area (Å²) < 4.78 is 6.10. The van der Waals surface area contributed by atoms with Crippen LogP contribution in [-0.2, 0) is 26.1 Å². The number of carbonyl (C=O) groups excluding carboxylic acids is 1. The molecular weight excluding hydrogens is 402 g/mol. The SMILES string of the molecule is Cc1c(CN2CCc3nc(N)c(C(=O)NCc4ccccn4)cc3C2)oc2ccccc12. The highest BCUT2D eigenvalue weighted by atomic mass is 16.3. The number of nitrogens with zero attached hydrogens (tertiary/aromatic N) is 3. The predicted octanol–water partition coefficient (Wildman–Crippen LogP) is 3.60. The van der Waals surface area contributed by atoms with Gasteiger partial charge in [-0.3, -0.25) is 14.7 Å². The van der Waals surface area contributed by atoms with Gasteiger partial charge in [0.05, 0.1) is 24.3 Å². The van der Waals surface area contributed by atoms with Gasteiger partial charge < -0.3 is 15.5 Å². The molecule has 0 aliphatic carbocycles. The van der Waals surface area contributed by atoms with Gasteiger partial charge in [0.2, 0.25) is 0 Å².